The van der Waals surface area contributed by atoms with Crippen LogP contribution in [0.2, 0.25) is 5.02 Å². The Morgan fingerprint density at radius 3 is 2.81 bits per heavy atom. The number of para-hydroxylation sites is 2. The molecular formula is C18H15ClN4O4. The molecule has 0 unspecified atom stereocenters. The Hall–Kier alpha value is -3.39. The number of hydrogen-bond acceptors (Lipinski definition) is 5. The van der Waals surface area contributed by atoms with Gasteiger partial charge in [0.15, 0.2) is 12.4 Å². The minimum Gasteiger partial charge on any atom is -0.471 e. The van der Waals surface area contributed by atoms with Crippen LogP contribution >= 0.6 is 11.6 Å². The number of nitro groups is 1. The number of halogens is 1. The van der Waals surface area contributed by atoms with E-state index in [-0.39, 0.29) is 23.8 Å². The summed E-state index contributed by atoms with van der Waals surface area (Å²) < 4.78 is 7.05. The average Bonchev–Trinajstić information content (AvgIpc) is 3.12. The second-order valence-corrected chi connectivity index (χ2v) is 6.06. The summed E-state index contributed by atoms with van der Waals surface area (Å²) in [5.74, 6) is 0.0729. The first-order chi connectivity index (χ1) is 12.9. The van der Waals surface area contributed by atoms with Gasteiger partial charge in [-0.3, -0.25) is 14.9 Å². The second-order valence-electron chi connectivity index (χ2n) is 5.65. The number of nitrogens with zero attached hydrogens (tertiary/aromatic N) is 3. The number of carbonyl (C=O) groups is 1. The van der Waals surface area contributed by atoms with Gasteiger partial charge in [-0.15, -0.1) is 0 Å². The van der Waals surface area contributed by atoms with Gasteiger partial charge in [0.05, 0.1) is 4.92 Å². The van der Waals surface area contributed by atoms with Crippen LogP contribution in [0.4, 0.5) is 11.4 Å². The molecule has 1 aromatic heterocycles. The number of aryl methyl sites for hydroxylation is 1. The van der Waals surface area contributed by atoms with Gasteiger partial charge in [-0.1, -0.05) is 23.7 Å². The molecule has 0 aliphatic rings. The quantitative estimate of drug-likeness (QED) is 0.509. The van der Waals surface area contributed by atoms with E-state index < -0.39 is 10.8 Å². The zero-order valence-electron chi connectivity index (χ0n) is 14.3. The van der Waals surface area contributed by atoms with Crippen LogP contribution in [0.5, 0.6) is 5.75 Å². The zero-order chi connectivity index (χ0) is 19.4. The fraction of sp³-hybridized carbons (Fsp3) is 0.111. The van der Waals surface area contributed by atoms with E-state index in [1.807, 2.05) is 6.92 Å². The van der Waals surface area contributed by atoms with Crippen molar-refractivity contribution in [1.29, 1.82) is 0 Å². The topological polar surface area (TPSA) is 99.3 Å². The van der Waals surface area contributed by atoms with E-state index in [1.165, 1.54) is 28.9 Å². The van der Waals surface area contributed by atoms with Crippen LogP contribution in [0.1, 0.15) is 16.1 Å². The van der Waals surface area contributed by atoms with E-state index in [0.29, 0.717) is 10.8 Å². The number of nitro benzene ring substituents is 1. The molecular weight excluding hydrogens is 372 g/mol. The third-order valence-electron chi connectivity index (χ3n) is 3.72. The molecule has 3 rings (SSSR count). The Labute approximate surface area is 159 Å². The number of rotatable bonds is 6. The molecule has 0 radical (unpaired) electrons. The second kappa shape index (κ2) is 7.88. The van der Waals surface area contributed by atoms with Crippen LogP contribution in [-0.4, -0.2) is 20.6 Å². The molecule has 0 spiro atoms. The van der Waals surface area contributed by atoms with Gasteiger partial charge in [0.25, 0.3) is 11.6 Å². The number of ether oxygens (including phenoxy) is 1. The molecule has 3 aromatic rings. The van der Waals surface area contributed by atoms with Crippen molar-refractivity contribution in [3.63, 3.8) is 0 Å². The van der Waals surface area contributed by atoms with E-state index in [9.17, 15) is 14.9 Å². The molecule has 0 bridgehead atoms. The van der Waals surface area contributed by atoms with Gasteiger partial charge in [-0.2, -0.15) is 5.10 Å². The molecule has 0 aliphatic heterocycles. The molecule has 0 fully saturated rings. The molecule has 0 aliphatic carbocycles. The molecule has 0 saturated heterocycles. The normalized spacial score (nSPS) is 10.4. The van der Waals surface area contributed by atoms with Gasteiger partial charge in [0.1, 0.15) is 11.4 Å². The Morgan fingerprint density at radius 2 is 2.07 bits per heavy atom. The number of hydrogen-bond donors (Lipinski definition) is 1. The van der Waals surface area contributed by atoms with Crippen molar-refractivity contribution in [2.24, 2.45) is 0 Å². The fourth-order valence-electron chi connectivity index (χ4n) is 2.33. The fourth-order valence-corrected chi connectivity index (χ4v) is 2.44. The molecule has 8 nitrogen and oxygen atoms in total. The Balaban J connectivity index is 1.65. The predicted octanol–water partition coefficient (Wildman–Crippen LogP) is 4.04. The predicted molar refractivity (Wildman–Crippen MR) is 100 cm³/mol. The lowest BCUT2D eigenvalue weighted by molar-refractivity contribution is -0.383. The van der Waals surface area contributed by atoms with Gasteiger partial charge < -0.3 is 10.1 Å². The standard InChI is InChI=1S/C18H15ClN4O4/c1-12-10-13(6-7-14(12)19)27-11-22-9-8-16(21-22)18(24)20-15-4-2-3-5-17(15)23(25)26/h2-10H,11H2,1H3,(H,20,24). The highest BCUT2D eigenvalue weighted by atomic mass is 35.5. The summed E-state index contributed by atoms with van der Waals surface area (Å²) in [4.78, 5) is 22.8. The first-order valence-electron chi connectivity index (χ1n) is 7.91. The van der Waals surface area contributed by atoms with Crippen LogP contribution in [0.15, 0.2) is 54.7 Å². The van der Waals surface area contributed by atoms with Crippen molar-refractivity contribution in [2.75, 3.05) is 5.32 Å². The maximum Gasteiger partial charge on any atom is 0.292 e. The number of benzene rings is 2. The summed E-state index contributed by atoms with van der Waals surface area (Å²) in [6.45, 7) is 1.97. The highest BCUT2D eigenvalue weighted by Gasteiger charge is 2.17. The minimum atomic E-state index is -0.559. The number of amides is 1. The van der Waals surface area contributed by atoms with Crippen LogP contribution < -0.4 is 10.1 Å². The van der Waals surface area contributed by atoms with Crippen molar-refractivity contribution in [3.05, 3.63) is 81.1 Å². The lowest BCUT2D eigenvalue weighted by Gasteiger charge is -2.07. The summed E-state index contributed by atoms with van der Waals surface area (Å²) in [5.41, 5.74) is 0.921. The van der Waals surface area contributed by atoms with Crippen LogP contribution in [-0.2, 0) is 6.73 Å². The van der Waals surface area contributed by atoms with E-state index >= 15 is 0 Å². The smallest absolute Gasteiger partial charge is 0.292 e. The summed E-state index contributed by atoms with van der Waals surface area (Å²) in [6.07, 6.45) is 1.58. The third-order valence-corrected chi connectivity index (χ3v) is 4.14. The third kappa shape index (κ3) is 4.42. The van der Waals surface area contributed by atoms with Gasteiger partial charge >= 0.3 is 0 Å². The maximum absolute atomic E-state index is 12.3. The summed E-state index contributed by atoms with van der Waals surface area (Å²) >= 11 is 5.97. The van der Waals surface area contributed by atoms with Gasteiger partial charge in [-0.05, 0) is 42.8 Å². The number of aromatic nitrogens is 2. The van der Waals surface area contributed by atoms with Crippen LogP contribution in [0.3, 0.4) is 0 Å². The minimum absolute atomic E-state index is 0.0971. The molecule has 1 heterocycles. The summed E-state index contributed by atoms with van der Waals surface area (Å²) in [6, 6.07) is 12.7. The van der Waals surface area contributed by atoms with Gasteiger partial charge in [0, 0.05) is 17.3 Å². The van der Waals surface area contributed by atoms with Crippen LogP contribution in [0.25, 0.3) is 0 Å². The molecule has 1 amide bonds. The van der Waals surface area contributed by atoms with E-state index in [2.05, 4.69) is 10.4 Å². The first kappa shape index (κ1) is 18.4. The highest BCUT2D eigenvalue weighted by Crippen LogP contribution is 2.24. The first-order valence-corrected chi connectivity index (χ1v) is 8.29. The van der Waals surface area contributed by atoms with Crippen molar-refractivity contribution >= 4 is 28.9 Å². The molecule has 0 atom stereocenters. The van der Waals surface area contributed by atoms with E-state index in [4.69, 9.17) is 16.3 Å². The van der Waals surface area contributed by atoms with Gasteiger partial charge in [-0.25, -0.2) is 4.68 Å². The van der Waals surface area contributed by atoms with E-state index in [1.54, 1.807) is 30.5 Å². The Morgan fingerprint density at radius 1 is 1.30 bits per heavy atom. The number of carbonyl (C=O) groups excluding carboxylic acids is 1. The molecule has 27 heavy (non-hydrogen) atoms. The zero-order valence-corrected chi connectivity index (χ0v) is 15.0. The van der Waals surface area contributed by atoms with Gasteiger partial charge in [0.2, 0.25) is 0 Å². The number of nitrogens with one attached hydrogen (secondary N) is 1. The molecule has 9 heteroatoms. The Kier molecular flexibility index (Phi) is 5.37. The largest absolute Gasteiger partial charge is 0.471 e. The summed E-state index contributed by atoms with van der Waals surface area (Å²) in [7, 11) is 0. The summed E-state index contributed by atoms with van der Waals surface area (Å²) in [5, 5.41) is 18.3. The maximum atomic E-state index is 12.3. The lowest BCUT2D eigenvalue weighted by atomic mass is 10.2. The van der Waals surface area contributed by atoms with E-state index in [0.717, 1.165) is 5.56 Å². The molecule has 138 valence electrons. The van der Waals surface area contributed by atoms with Crippen molar-refractivity contribution in [2.45, 2.75) is 13.7 Å². The average molecular weight is 387 g/mol. The monoisotopic (exact) mass is 386 g/mol. The van der Waals surface area contributed by atoms with Crippen molar-refractivity contribution < 1.29 is 14.5 Å². The number of anilines is 1. The highest BCUT2D eigenvalue weighted by molar-refractivity contribution is 6.31. The SMILES string of the molecule is Cc1cc(OCn2ccc(C(=O)Nc3ccccc3[N+](=O)[O-])n2)ccc1Cl. The van der Waals surface area contributed by atoms with Crippen molar-refractivity contribution in [1.82, 2.24) is 9.78 Å². The molecule has 0 saturated carbocycles. The Bertz CT molecular complexity index is 1000. The van der Waals surface area contributed by atoms with Crippen LogP contribution in [0, 0.1) is 17.0 Å². The molecule has 2 aromatic carbocycles. The lowest BCUT2D eigenvalue weighted by Crippen LogP contribution is -2.15. The molecule has 1 N–H and O–H groups in total. The van der Waals surface area contributed by atoms with Crippen molar-refractivity contribution in [3.8, 4) is 5.75 Å².